The molecular formula is C18H20ClNO2. The Morgan fingerprint density at radius 1 is 1.23 bits per heavy atom. The highest BCUT2D eigenvalue weighted by atomic mass is 35.5. The third kappa shape index (κ3) is 4.50. The Bertz CT molecular complexity index is 668. The molecule has 4 heteroatoms. The second-order valence-electron chi connectivity index (χ2n) is 5.52. The van der Waals surface area contributed by atoms with E-state index in [1.165, 1.54) is 5.56 Å². The molecule has 3 nitrogen and oxygen atoms in total. The molecule has 22 heavy (non-hydrogen) atoms. The number of anilines is 1. The zero-order chi connectivity index (χ0) is 16.1. The van der Waals surface area contributed by atoms with Gasteiger partial charge in [0.05, 0.1) is 0 Å². The Morgan fingerprint density at radius 2 is 2.00 bits per heavy atom. The van der Waals surface area contributed by atoms with Crippen molar-refractivity contribution in [1.82, 2.24) is 0 Å². The third-order valence-corrected chi connectivity index (χ3v) is 3.60. The molecule has 0 saturated heterocycles. The molecule has 0 aliphatic carbocycles. The molecule has 0 spiro atoms. The van der Waals surface area contributed by atoms with Crippen LogP contribution in [0.25, 0.3) is 0 Å². The summed E-state index contributed by atoms with van der Waals surface area (Å²) in [7, 11) is 0. The van der Waals surface area contributed by atoms with E-state index < -0.39 is 0 Å². The van der Waals surface area contributed by atoms with Crippen molar-refractivity contribution >= 4 is 23.2 Å². The fourth-order valence-corrected chi connectivity index (χ4v) is 2.20. The van der Waals surface area contributed by atoms with Gasteiger partial charge in [-0.05, 0) is 48.2 Å². The van der Waals surface area contributed by atoms with Gasteiger partial charge in [-0.3, -0.25) is 4.79 Å². The molecule has 0 aliphatic heterocycles. The molecule has 2 aromatic rings. The summed E-state index contributed by atoms with van der Waals surface area (Å²) in [6, 6.07) is 13.2. The first-order valence-corrected chi connectivity index (χ1v) is 7.62. The Hall–Kier alpha value is -2.00. The maximum absolute atomic E-state index is 12.0. The van der Waals surface area contributed by atoms with Crippen LogP contribution in [0.4, 0.5) is 5.69 Å². The lowest BCUT2D eigenvalue weighted by Crippen LogP contribution is -2.20. The normalized spacial score (nSPS) is 10.6. The predicted molar refractivity (Wildman–Crippen MR) is 90.8 cm³/mol. The number of benzene rings is 2. The van der Waals surface area contributed by atoms with Crippen LogP contribution in [0, 0.1) is 6.92 Å². The predicted octanol–water partition coefficient (Wildman–Crippen LogP) is 4.79. The first kappa shape index (κ1) is 16.4. The number of nitrogens with one attached hydrogen (secondary N) is 1. The topological polar surface area (TPSA) is 38.3 Å². The van der Waals surface area contributed by atoms with Gasteiger partial charge in [0.1, 0.15) is 5.75 Å². The summed E-state index contributed by atoms with van der Waals surface area (Å²) >= 11 is 5.94. The van der Waals surface area contributed by atoms with Gasteiger partial charge in [0.25, 0.3) is 5.91 Å². The molecule has 0 radical (unpaired) electrons. The van der Waals surface area contributed by atoms with Gasteiger partial charge in [0.15, 0.2) is 6.61 Å². The average molecular weight is 318 g/mol. The van der Waals surface area contributed by atoms with Crippen LogP contribution in [0.1, 0.15) is 30.9 Å². The number of aryl methyl sites for hydroxylation is 1. The largest absolute Gasteiger partial charge is 0.484 e. The molecule has 0 aromatic heterocycles. The van der Waals surface area contributed by atoms with Gasteiger partial charge in [0.2, 0.25) is 0 Å². The Morgan fingerprint density at radius 3 is 2.73 bits per heavy atom. The highest BCUT2D eigenvalue weighted by molar-refractivity contribution is 6.31. The van der Waals surface area contributed by atoms with Crippen LogP contribution in [0.15, 0.2) is 42.5 Å². The Kier molecular flexibility index (Phi) is 5.45. The molecule has 1 N–H and O–H groups in total. The van der Waals surface area contributed by atoms with Crippen LogP contribution in [0.5, 0.6) is 5.75 Å². The van der Waals surface area contributed by atoms with Gasteiger partial charge in [-0.2, -0.15) is 0 Å². The molecule has 0 bridgehead atoms. The molecule has 0 saturated carbocycles. The maximum atomic E-state index is 12.0. The van der Waals surface area contributed by atoms with Crippen LogP contribution < -0.4 is 10.1 Å². The van der Waals surface area contributed by atoms with Crippen molar-refractivity contribution in [3.63, 3.8) is 0 Å². The maximum Gasteiger partial charge on any atom is 0.262 e. The van der Waals surface area contributed by atoms with Gasteiger partial charge < -0.3 is 10.1 Å². The van der Waals surface area contributed by atoms with Crippen LogP contribution in [0.3, 0.4) is 0 Å². The van der Waals surface area contributed by atoms with E-state index >= 15 is 0 Å². The van der Waals surface area contributed by atoms with E-state index in [-0.39, 0.29) is 12.5 Å². The first-order chi connectivity index (χ1) is 10.5. The van der Waals surface area contributed by atoms with Crippen molar-refractivity contribution in [2.75, 3.05) is 11.9 Å². The minimum Gasteiger partial charge on any atom is -0.484 e. The van der Waals surface area contributed by atoms with E-state index in [1.54, 1.807) is 12.1 Å². The smallest absolute Gasteiger partial charge is 0.262 e. The van der Waals surface area contributed by atoms with Gasteiger partial charge in [-0.25, -0.2) is 0 Å². The number of amides is 1. The quantitative estimate of drug-likeness (QED) is 0.861. The van der Waals surface area contributed by atoms with Gasteiger partial charge in [-0.1, -0.05) is 43.6 Å². The molecule has 116 valence electrons. The number of rotatable bonds is 5. The first-order valence-electron chi connectivity index (χ1n) is 7.24. The van der Waals surface area contributed by atoms with Crippen molar-refractivity contribution < 1.29 is 9.53 Å². The summed E-state index contributed by atoms with van der Waals surface area (Å²) in [6.45, 7) is 6.12. The van der Waals surface area contributed by atoms with E-state index in [1.807, 2.05) is 37.3 Å². The zero-order valence-electron chi connectivity index (χ0n) is 13.0. The monoisotopic (exact) mass is 317 g/mol. The molecular weight excluding hydrogens is 298 g/mol. The van der Waals surface area contributed by atoms with Gasteiger partial charge in [-0.15, -0.1) is 0 Å². The molecule has 1 amide bonds. The van der Waals surface area contributed by atoms with Crippen LogP contribution in [-0.2, 0) is 4.79 Å². The van der Waals surface area contributed by atoms with E-state index in [9.17, 15) is 4.79 Å². The minimum absolute atomic E-state index is 0.0342. The number of carbonyl (C=O) groups is 1. The highest BCUT2D eigenvalue weighted by Gasteiger charge is 2.07. The van der Waals surface area contributed by atoms with Crippen LogP contribution >= 0.6 is 11.6 Å². The summed E-state index contributed by atoms with van der Waals surface area (Å²) in [6.07, 6.45) is 0. The Labute approximate surface area is 136 Å². The SMILES string of the molecule is Cc1ccc(Cl)cc1NC(=O)COc1cccc(C(C)C)c1. The van der Waals surface area contributed by atoms with Gasteiger partial charge >= 0.3 is 0 Å². The molecule has 0 aliphatic rings. The molecule has 0 unspecified atom stereocenters. The van der Waals surface area contributed by atoms with Crippen molar-refractivity contribution in [3.8, 4) is 5.75 Å². The number of halogens is 1. The summed E-state index contributed by atoms with van der Waals surface area (Å²) in [5, 5.41) is 3.40. The lowest BCUT2D eigenvalue weighted by molar-refractivity contribution is -0.118. The lowest BCUT2D eigenvalue weighted by atomic mass is 10.0. The highest BCUT2D eigenvalue weighted by Crippen LogP contribution is 2.21. The fraction of sp³-hybridized carbons (Fsp3) is 0.278. The summed E-state index contributed by atoms with van der Waals surface area (Å²) in [5.74, 6) is 0.913. The van der Waals surface area contributed by atoms with Crippen LogP contribution in [-0.4, -0.2) is 12.5 Å². The van der Waals surface area contributed by atoms with Crippen molar-refractivity contribution in [2.24, 2.45) is 0 Å². The average Bonchev–Trinajstić information content (AvgIpc) is 2.49. The minimum atomic E-state index is -0.208. The number of ether oxygens (including phenoxy) is 1. The third-order valence-electron chi connectivity index (χ3n) is 3.37. The number of hydrogen-bond acceptors (Lipinski definition) is 2. The van der Waals surface area contributed by atoms with Crippen molar-refractivity contribution in [1.29, 1.82) is 0 Å². The summed E-state index contributed by atoms with van der Waals surface area (Å²) in [5.41, 5.74) is 2.85. The molecule has 0 fully saturated rings. The van der Waals surface area contributed by atoms with E-state index in [4.69, 9.17) is 16.3 Å². The molecule has 0 atom stereocenters. The van der Waals surface area contributed by atoms with E-state index in [0.29, 0.717) is 22.4 Å². The standard InChI is InChI=1S/C18H20ClNO2/c1-12(2)14-5-4-6-16(9-14)22-11-18(21)20-17-10-15(19)8-7-13(17)3/h4-10,12H,11H2,1-3H3,(H,20,21). The van der Waals surface area contributed by atoms with E-state index in [0.717, 1.165) is 5.56 Å². The number of hydrogen-bond donors (Lipinski definition) is 1. The molecule has 2 aromatic carbocycles. The van der Waals surface area contributed by atoms with Crippen molar-refractivity contribution in [3.05, 3.63) is 58.6 Å². The fourth-order valence-electron chi connectivity index (χ4n) is 2.03. The second kappa shape index (κ2) is 7.32. The van der Waals surface area contributed by atoms with Crippen LogP contribution in [0.2, 0.25) is 5.02 Å². The Balaban J connectivity index is 1.95. The summed E-state index contributed by atoms with van der Waals surface area (Å²) < 4.78 is 5.56. The molecule has 2 rings (SSSR count). The second-order valence-corrected chi connectivity index (χ2v) is 5.96. The zero-order valence-corrected chi connectivity index (χ0v) is 13.8. The molecule has 0 heterocycles. The van der Waals surface area contributed by atoms with Crippen molar-refractivity contribution in [2.45, 2.75) is 26.7 Å². The number of carbonyl (C=O) groups excluding carboxylic acids is 1. The van der Waals surface area contributed by atoms with Gasteiger partial charge in [0, 0.05) is 10.7 Å². The summed E-state index contributed by atoms with van der Waals surface area (Å²) in [4.78, 5) is 12.0. The van der Waals surface area contributed by atoms with E-state index in [2.05, 4.69) is 19.2 Å². The lowest BCUT2D eigenvalue weighted by Gasteiger charge is -2.11.